The Morgan fingerprint density at radius 1 is 0.256 bits per heavy atom. The second-order valence-electron chi connectivity index (χ2n) is 24.5. The van der Waals surface area contributed by atoms with Crippen molar-refractivity contribution in [2.45, 2.75) is 393 Å². The van der Waals surface area contributed by atoms with Crippen molar-refractivity contribution in [3.63, 3.8) is 0 Å². The van der Waals surface area contributed by atoms with E-state index in [-0.39, 0.29) is 31.1 Å². The highest BCUT2D eigenvalue weighted by Gasteiger charge is 2.19. The Labute approximate surface area is 510 Å². The zero-order valence-corrected chi connectivity index (χ0v) is 55.0. The van der Waals surface area contributed by atoms with Gasteiger partial charge in [-0.2, -0.15) is 0 Å². The van der Waals surface area contributed by atoms with E-state index in [0.717, 1.165) is 89.9 Å². The normalized spacial score (nSPS) is 12.4. The fraction of sp³-hybridized carbons (Fsp3) is 0.829. The second kappa shape index (κ2) is 70.6. The number of ether oxygens (including phenoxy) is 3. The zero-order valence-electron chi connectivity index (χ0n) is 55.0. The molecule has 0 bridgehead atoms. The van der Waals surface area contributed by atoms with Crippen molar-refractivity contribution >= 4 is 17.9 Å². The van der Waals surface area contributed by atoms with Crippen molar-refractivity contribution in [3.05, 3.63) is 60.8 Å². The average Bonchev–Trinajstić information content (AvgIpc) is 3.47. The van der Waals surface area contributed by atoms with Crippen molar-refractivity contribution in [3.8, 4) is 0 Å². The number of allylic oxidation sites excluding steroid dienone is 10. The first-order valence-electron chi connectivity index (χ1n) is 36.3. The van der Waals surface area contributed by atoms with Crippen molar-refractivity contribution in [1.82, 2.24) is 0 Å². The molecule has 0 aliphatic rings. The molecule has 1 unspecified atom stereocenters. The molecule has 0 N–H and O–H groups in total. The Morgan fingerprint density at radius 2 is 0.476 bits per heavy atom. The molecule has 478 valence electrons. The number of hydrogen-bond donors (Lipinski definition) is 0. The Morgan fingerprint density at radius 3 is 0.780 bits per heavy atom. The maximum Gasteiger partial charge on any atom is 0.306 e. The van der Waals surface area contributed by atoms with Crippen LogP contribution >= 0.6 is 0 Å². The van der Waals surface area contributed by atoms with Gasteiger partial charge in [0.05, 0.1) is 0 Å². The standard InChI is InChI=1S/C76H138O6/c1-4-7-10-13-16-19-22-25-27-29-31-32-33-34-35-36-37-38-39-40-41-42-43-44-46-47-49-51-54-57-60-63-66-69-75(78)81-72-73(71-80-74(77)68-65-62-59-56-53-24-21-18-15-12-9-6-3)82-76(79)70-67-64-61-58-55-52-50-48-45-30-28-26-23-20-17-14-11-8-5-2/h7,10,16,18-19,21,25,27,31-32,73H,4-6,8-9,11-15,17,20,22-24,26,28-30,33-72H2,1-3H3/b10-7-,19-16-,21-18-,27-25-,32-31-. The summed E-state index contributed by atoms with van der Waals surface area (Å²) in [5.41, 5.74) is 0. The summed E-state index contributed by atoms with van der Waals surface area (Å²) < 4.78 is 17.0. The number of hydrogen-bond acceptors (Lipinski definition) is 6. The molecule has 0 heterocycles. The Kier molecular flexibility index (Phi) is 68.1. The summed E-state index contributed by atoms with van der Waals surface area (Å²) in [5.74, 6) is -0.852. The molecule has 0 saturated carbocycles. The molecule has 1 atom stereocenters. The van der Waals surface area contributed by atoms with Gasteiger partial charge >= 0.3 is 17.9 Å². The van der Waals surface area contributed by atoms with Crippen LogP contribution in [0.3, 0.4) is 0 Å². The molecule has 82 heavy (non-hydrogen) atoms. The van der Waals surface area contributed by atoms with Crippen LogP contribution < -0.4 is 0 Å². The molecule has 6 nitrogen and oxygen atoms in total. The van der Waals surface area contributed by atoms with Gasteiger partial charge in [0.2, 0.25) is 0 Å². The molecule has 0 amide bonds. The van der Waals surface area contributed by atoms with Crippen molar-refractivity contribution in [2.24, 2.45) is 0 Å². The second-order valence-corrected chi connectivity index (χ2v) is 24.5. The van der Waals surface area contributed by atoms with Crippen LogP contribution in [0.25, 0.3) is 0 Å². The molecule has 0 saturated heterocycles. The Balaban J connectivity index is 4.11. The summed E-state index contributed by atoms with van der Waals surface area (Å²) in [4.78, 5) is 38.4. The van der Waals surface area contributed by atoms with Crippen LogP contribution in [-0.2, 0) is 28.6 Å². The van der Waals surface area contributed by atoms with Gasteiger partial charge in [-0.05, 0) is 83.5 Å². The van der Waals surface area contributed by atoms with Crippen LogP contribution in [0.2, 0.25) is 0 Å². The fourth-order valence-electron chi connectivity index (χ4n) is 10.8. The van der Waals surface area contributed by atoms with Crippen molar-refractivity contribution in [2.75, 3.05) is 13.2 Å². The first kappa shape index (κ1) is 79.1. The van der Waals surface area contributed by atoms with E-state index in [2.05, 4.69) is 81.5 Å². The van der Waals surface area contributed by atoms with E-state index in [1.807, 2.05) is 0 Å². The van der Waals surface area contributed by atoms with Gasteiger partial charge in [0, 0.05) is 19.3 Å². The number of carbonyl (C=O) groups is 3. The number of rotatable bonds is 67. The molecule has 0 aromatic carbocycles. The summed E-state index contributed by atoms with van der Waals surface area (Å²) in [6.45, 7) is 6.56. The average molecular weight is 1150 g/mol. The lowest BCUT2D eigenvalue weighted by Gasteiger charge is -2.18. The molecule has 0 aromatic heterocycles. The molecule has 0 rings (SSSR count). The molecular formula is C76H138O6. The summed E-state index contributed by atoms with van der Waals surface area (Å²) in [7, 11) is 0. The van der Waals surface area contributed by atoms with Crippen LogP contribution in [-0.4, -0.2) is 37.2 Å². The maximum atomic E-state index is 12.9. The summed E-state index contributed by atoms with van der Waals surface area (Å²) in [5, 5.41) is 0. The summed E-state index contributed by atoms with van der Waals surface area (Å²) in [6, 6.07) is 0. The lowest BCUT2D eigenvalue weighted by molar-refractivity contribution is -0.167. The van der Waals surface area contributed by atoms with Crippen molar-refractivity contribution < 1.29 is 28.6 Å². The quantitative estimate of drug-likeness (QED) is 0.0261. The molecular weight excluding hydrogens is 1010 g/mol. The van der Waals surface area contributed by atoms with Gasteiger partial charge in [0.1, 0.15) is 13.2 Å². The van der Waals surface area contributed by atoms with Gasteiger partial charge in [0.15, 0.2) is 6.10 Å². The van der Waals surface area contributed by atoms with Crippen LogP contribution in [0.1, 0.15) is 387 Å². The predicted octanol–water partition coefficient (Wildman–Crippen LogP) is 25.1. The first-order valence-corrected chi connectivity index (χ1v) is 36.3. The Bertz CT molecular complexity index is 1460. The van der Waals surface area contributed by atoms with Gasteiger partial charge < -0.3 is 14.2 Å². The Hall–Kier alpha value is -2.89. The van der Waals surface area contributed by atoms with E-state index < -0.39 is 6.10 Å². The molecule has 0 radical (unpaired) electrons. The topological polar surface area (TPSA) is 78.9 Å². The van der Waals surface area contributed by atoms with E-state index in [1.54, 1.807) is 0 Å². The lowest BCUT2D eigenvalue weighted by Crippen LogP contribution is -2.30. The van der Waals surface area contributed by atoms with Crippen molar-refractivity contribution in [1.29, 1.82) is 0 Å². The predicted molar refractivity (Wildman–Crippen MR) is 358 cm³/mol. The van der Waals surface area contributed by atoms with Crippen LogP contribution in [0.5, 0.6) is 0 Å². The van der Waals surface area contributed by atoms with Gasteiger partial charge in [-0.1, -0.05) is 345 Å². The maximum absolute atomic E-state index is 12.9. The number of unbranched alkanes of at least 4 members (excludes halogenated alkanes) is 46. The zero-order chi connectivity index (χ0) is 59.2. The molecule has 0 aliphatic heterocycles. The molecule has 0 aliphatic carbocycles. The van der Waals surface area contributed by atoms with Gasteiger partial charge in [-0.25, -0.2) is 0 Å². The minimum Gasteiger partial charge on any atom is -0.462 e. The first-order chi connectivity index (χ1) is 40.5. The van der Waals surface area contributed by atoms with Gasteiger partial charge in [-0.15, -0.1) is 0 Å². The van der Waals surface area contributed by atoms with E-state index in [1.165, 1.54) is 257 Å². The minimum atomic E-state index is -0.774. The highest BCUT2D eigenvalue weighted by molar-refractivity contribution is 5.71. The van der Waals surface area contributed by atoms with Crippen LogP contribution in [0.4, 0.5) is 0 Å². The lowest BCUT2D eigenvalue weighted by atomic mass is 10.0. The van der Waals surface area contributed by atoms with Crippen LogP contribution in [0, 0.1) is 0 Å². The number of esters is 3. The largest absolute Gasteiger partial charge is 0.462 e. The summed E-state index contributed by atoms with van der Waals surface area (Å²) >= 11 is 0. The molecule has 0 aromatic rings. The molecule has 0 spiro atoms. The smallest absolute Gasteiger partial charge is 0.306 e. The minimum absolute atomic E-state index is 0.0700. The third-order valence-electron chi connectivity index (χ3n) is 16.3. The van der Waals surface area contributed by atoms with Gasteiger partial charge in [-0.3, -0.25) is 14.4 Å². The fourth-order valence-corrected chi connectivity index (χ4v) is 10.8. The van der Waals surface area contributed by atoms with Crippen LogP contribution in [0.15, 0.2) is 60.8 Å². The third kappa shape index (κ3) is 67.9. The van der Waals surface area contributed by atoms with E-state index in [0.29, 0.717) is 19.3 Å². The molecule has 0 fully saturated rings. The van der Waals surface area contributed by atoms with E-state index >= 15 is 0 Å². The SMILES string of the molecule is CC/C=C\C/C=C\C/C=C\C/C=C\CCCCCCCCCCCCCCCCCCCCCCC(=O)OCC(COC(=O)CCCCCCC/C=C\CCCCC)OC(=O)CCCCCCCCCCCCCCCCCCCCC. The highest BCUT2D eigenvalue weighted by Crippen LogP contribution is 2.19. The van der Waals surface area contributed by atoms with E-state index in [4.69, 9.17) is 14.2 Å². The monoisotopic (exact) mass is 1150 g/mol. The number of carbonyl (C=O) groups excluding carboxylic acids is 3. The van der Waals surface area contributed by atoms with E-state index in [9.17, 15) is 14.4 Å². The molecule has 6 heteroatoms. The highest BCUT2D eigenvalue weighted by atomic mass is 16.6. The van der Waals surface area contributed by atoms with Gasteiger partial charge in [0.25, 0.3) is 0 Å². The third-order valence-corrected chi connectivity index (χ3v) is 16.3. The summed E-state index contributed by atoms with van der Waals surface area (Å²) in [6.07, 6.45) is 91.3.